The summed E-state index contributed by atoms with van der Waals surface area (Å²) in [4.78, 5) is 11.0. The standard InChI is InChI=1S/C8H14O2S/c1-5-8(3,4)10-7(9)6(2)11/h5-6,11H,1H2,2-4H3. The summed E-state index contributed by atoms with van der Waals surface area (Å²) in [5.41, 5.74) is -0.589. The molecule has 0 aromatic heterocycles. The van der Waals surface area contributed by atoms with Gasteiger partial charge in [-0.3, -0.25) is 4.79 Å². The molecule has 0 saturated heterocycles. The normalized spacial score (nSPS) is 13.8. The Morgan fingerprint density at radius 2 is 2.18 bits per heavy atom. The van der Waals surface area contributed by atoms with Gasteiger partial charge in [0.1, 0.15) is 5.60 Å². The Labute approximate surface area is 73.0 Å². The third-order valence-electron chi connectivity index (χ3n) is 1.20. The summed E-state index contributed by atoms with van der Waals surface area (Å²) in [5, 5.41) is -0.380. The number of hydrogen-bond acceptors (Lipinski definition) is 3. The zero-order chi connectivity index (χ0) is 9.07. The lowest BCUT2D eigenvalue weighted by Crippen LogP contribution is -2.28. The van der Waals surface area contributed by atoms with Crippen LogP contribution in [0.4, 0.5) is 0 Å². The molecule has 0 amide bonds. The number of carbonyl (C=O) groups is 1. The molecule has 11 heavy (non-hydrogen) atoms. The Hall–Kier alpha value is -0.440. The third kappa shape index (κ3) is 4.09. The lowest BCUT2D eigenvalue weighted by molar-refractivity contribution is -0.151. The van der Waals surface area contributed by atoms with Crippen molar-refractivity contribution in [2.24, 2.45) is 0 Å². The first-order valence-corrected chi connectivity index (χ1v) is 3.95. The number of thiol groups is 1. The van der Waals surface area contributed by atoms with Gasteiger partial charge in [-0.15, -0.1) is 0 Å². The maximum Gasteiger partial charge on any atom is 0.319 e. The number of esters is 1. The summed E-state index contributed by atoms with van der Waals surface area (Å²) < 4.78 is 5.02. The van der Waals surface area contributed by atoms with Crippen molar-refractivity contribution in [2.45, 2.75) is 31.6 Å². The van der Waals surface area contributed by atoms with Crippen molar-refractivity contribution in [2.75, 3.05) is 0 Å². The molecular formula is C8H14O2S. The van der Waals surface area contributed by atoms with Gasteiger partial charge < -0.3 is 4.74 Å². The minimum atomic E-state index is -0.589. The van der Waals surface area contributed by atoms with Crippen LogP contribution in [0.3, 0.4) is 0 Å². The average molecular weight is 174 g/mol. The van der Waals surface area contributed by atoms with Crippen LogP contribution in [0.1, 0.15) is 20.8 Å². The van der Waals surface area contributed by atoms with Crippen LogP contribution in [0.2, 0.25) is 0 Å². The van der Waals surface area contributed by atoms with E-state index in [0.717, 1.165) is 0 Å². The molecule has 0 spiro atoms. The molecule has 0 aliphatic rings. The van der Waals surface area contributed by atoms with E-state index in [1.54, 1.807) is 26.8 Å². The number of carbonyl (C=O) groups excluding carboxylic acids is 1. The molecular weight excluding hydrogens is 160 g/mol. The van der Waals surface area contributed by atoms with Crippen molar-refractivity contribution in [3.8, 4) is 0 Å². The van der Waals surface area contributed by atoms with E-state index in [2.05, 4.69) is 19.2 Å². The second-order valence-electron chi connectivity index (χ2n) is 2.90. The predicted octanol–water partition coefficient (Wildman–Crippen LogP) is 1.81. The summed E-state index contributed by atoms with van der Waals surface area (Å²) in [6, 6.07) is 0. The van der Waals surface area contributed by atoms with Crippen LogP contribution in [0.25, 0.3) is 0 Å². The van der Waals surface area contributed by atoms with Crippen LogP contribution >= 0.6 is 12.6 Å². The van der Waals surface area contributed by atoms with E-state index in [1.165, 1.54) is 0 Å². The van der Waals surface area contributed by atoms with Crippen molar-refractivity contribution >= 4 is 18.6 Å². The fourth-order valence-electron chi connectivity index (χ4n) is 0.386. The highest BCUT2D eigenvalue weighted by atomic mass is 32.1. The van der Waals surface area contributed by atoms with Gasteiger partial charge in [0.15, 0.2) is 0 Å². The van der Waals surface area contributed by atoms with E-state index in [4.69, 9.17) is 4.74 Å². The van der Waals surface area contributed by atoms with E-state index in [1.807, 2.05) is 0 Å². The van der Waals surface area contributed by atoms with Gasteiger partial charge in [-0.1, -0.05) is 6.58 Å². The summed E-state index contributed by atoms with van der Waals surface area (Å²) in [7, 11) is 0. The molecule has 0 aliphatic heterocycles. The quantitative estimate of drug-likeness (QED) is 0.401. The Morgan fingerprint density at radius 3 is 2.45 bits per heavy atom. The highest BCUT2D eigenvalue weighted by molar-refractivity contribution is 7.81. The average Bonchev–Trinajstić information content (AvgIpc) is 1.87. The van der Waals surface area contributed by atoms with Crippen molar-refractivity contribution < 1.29 is 9.53 Å². The summed E-state index contributed by atoms with van der Waals surface area (Å²) >= 11 is 3.93. The molecule has 0 fully saturated rings. The van der Waals surface area contributed by atoms with Gasteiger partial charge in [-0.05, 0) is 26.8 Å². The van der Waals surface area contributed by atoms with Gasteiger partial charge in [0.05, 0.1) is 5.25 Å². The van der Waals surface area contributed by atoms with Gasteiger partial charge >= 0.3 is 5.97 Å². The Balaban J connectivity index is 4.04. The molecule has 0 N–H and O–H groups in total. The molecule has 0 aliphatic carbocycles. The van der Waals surface area contributed by atoms with Gasteiger partial charge in [0.2, 0.25) is 0 Å². The molecule has 1 atom stereocenters. The topological polar surface area (TPSA) is 26.3 Å². The molecule has 0 aromatic carbocycles. The predicted molar refractivity (Wildman–Crippen MR) is 48.8 cm³/mol. The van der Waals surface area contributed by atoms with Crippen LogP contribution in [0, 0.1) is 0 Å². The van der Waals surface area contributed by atoms with E-state index in [9.17, 15) is 4.79 Å². The van der Waals surface area contributed by atoms with Gasteiger partial charge in [-0.2, -0.15) is 12.6 Å². The van der Waals surface area contributed by atoms with Crippen LogP contribution in [0.5, 0.6) is 0 Å². The number of hydrogen-bond donors (Lipinski definition) is 1. The number of ether oxygens (including phenoxy) is 1. The first kappa shape index (κ1) is 10.6. The molecule has 0 rings (SSSR count). The Kier molecular flexibility index (Phi) is 3.66. The van der Waals surface area contributed by atoms with Crippen molar-refractivity contribution in [3.05, 3.63) is 12.7 Å². The lowest BCUT2D eigenvalue weighted by Gasteiger charge is -2.21. The second-order valence-corrected chi connectivity index (χ2v) is 3.68. The summed E-state index contributed by atoms with van der Waals surface area (Å²) in [6.07, 6.45) is 1.58. The van der Waals surface area contributed by atoms with Crippen molar-refractivity contribution in [3.63, 3.8) is 0 Å². The first-order valence-electron chi connectivity index (χ1n) is 3.43. The maximum absolute atomic E-state index is 11.0. The zero-order valence-electron chi connectivity index (χ0n) is 7.13. The molecule has 0 radical (unpaired) electrons. The highest BCUT2D eigenvalue weighted by Gasteiger charge is 2.20. The van der Waals surface area contributed by atoms with Crippen LogP contribution < -0.4 is 0 Å². The molecule has 0 saturated carbocycles. The Bertz CT molecular complexity index is 161. The number of rotatable bonds is 3. The maximum atomic E-state index is 11.0. The smallest absolute Gasteiger partial charge is 0.319 e. The van der Waals surface area contributed by atoms with Gasteiger partial charge in [0.25, 0.3) is 0 Å². The molecule has 0 heterocycles. The minimum Gasteiger partial charge on any atom is -0.455 e. The van der Waals surface area contributed by atoms with Gasteiger partial charge in [-0.25, -0.2) is 0 Å². The first-order chi connectivity index (χ1) is 4.89. The molecule has 0 aromatic rings. The van der Waals surface area contributed by atoms with Crippen LogP contribution in [0.15, 0.2) is 12.7 Å². The SMILES string of the molecule is C=CC(C)(C)OC(=O)C(C)S. The monoisotopic (exact) mass is 174 g/mol. The molecule has 64 valence electrons. The van der Waals surface area contributed by atoms with E-state index in [-0.39, 0.29) is 11.2 Å². The van der Waals surface area contributed by atoms with E-state index >= 15 is 0 Å². The largest absolute Gasteiger partial charge is 0.455 e. The minimum absolute atomic E-state index is 0.321. The lowest BCUT2D eigenvalue weighted by atomic mass is 10.1. The van der Waals surface area contributed by atoms with Crippen molar-refractivity contribution in [1.29, 1.82) is 0 Å². The van der Waals surface area contributed by atoms with Crippen molar-refractivity contribution in [1.82, 2.24) is 0 Å². The zero-order valence-corrected chi connectivity index (χ0v) is 8.02. The summed E-state index contributed by atoms with van der Waals surface area (Å²) in [5.74, 6) is -0.321. The Morgan fingerprint density at radius 1 is 1.73 bits per heavy atom. The van der Waals surface area contributed by atoms with Gasteiger partial charge in [0, 0.05) is 0 Å². The molecule has 0 bridgehead atoms. The fourth-order valence-corrected chi connectivity index (χ4v) is 0.439. The second kappa shape index (κ2) is 3.81. The van der Waals surface area contributed by atoms with Crippen LogP contribution in [-0.2, 0) is 9.53 Å². The highest BCUT2D eigenvalue weighted by Crippen LogP contribution is 2.12. The van der Waals surface area contributed by atoms with Crippen LogP contribution in [-0.4, -0.2) is 16.8 Å². The van der Waals surface area contributed by atoms with E-state index in [0.29, 0.717) is 0 Å². The fraction of sp³-hybridized carbons (Fsp3) is 0.625. The molecule has 3 heteroatoms. The molecule has 1 unspecified atom stereocenters. The summed E-state index contributed by atoms with van der Waals surface area (Å²) in [6.45, 7) is 8.76. The molecule has 2 nitrogen and oxygen atoms in total. The third-order valence-corrected chi connectivity index (χ3v) is 1.41. The van der Waals surface area contributed by atoms with E-state index < -0.39 is 5.60 Å².